The molecule has 1 aromatic rings. The maximum absolute atomic E-state index is 13.9. The number of hydrogen-bond acceptors (Lipinski definition) is 2. The summed E-state index contributed by atoms with van der Waals surface area (Å²) in [5, 5.41) is 8.89. The van der Waals surface area contributed by atoms with Crippen LogP contribution in [0.5, 0.6) is 0 Å². The van der Waals surface area contributed by atoms with Crippen molar-refractivity contribution in [1.29, 1.82) is 5.26 Å². The van der Waals surface area contributed by atoms with Crippen molar-refractivity contribution in [3.05, 3.63) is 35.1 Å². The zero-order valence-electron chi connectivity index (χ0n) is 15.3. The van der Waals surface area contributed by atoms with Crippen LogP contribution in [0.1, 0.15) is 81.8 Å². The van der Waals surface area contributed by atoms with E-state index < -0.39 is 0 Å². The highest BCUT2D eigenvalue weighted by Gasteiger charge is 2.36. The van der Waals surface area contributed by atoms with Gasteiger partial charge in [0.2, 0.25) is 0 Å². The van der Waals surface area contributed by atoms with E-state index in [0.29, 0.717) is 12.0 Å². The zero-order chi connectivity index (χ0) is 17.6. The first-order chi connectivity index (χ1) is 12.2. The van der Waals surface area contributed by atoms with Crippen LogP contribution < -0.4 is 0 Å². The van der Waals surface area contributed by atoms with Crippen molar-refractivity contribution in [2.75, 3.05) is 6.61 Å². The lowest BCUT2D eigenvalue weighted by molar-refractivity contribution is -0.0162. The van der Waals surface area contributed by atoms with Gasteiger partial charge >= 0.3 is 0 Å². The Labute approximate surface area is 151 Å². The molecular weight excluding hydrogens is 313 g/mol. The van der Waals surface area contributed by atoms with Crippen LogP contribution in [-0.4, -0.2) is 12.7 Å². The SMILES string of the molecule is CCCCCOC1CCC2CC(c3ccc(C#N)c(F)c3)CCC2C1. The topological polar surface area (TPSA) is 33.0 Å². The molecule has 2 fully saturated rings. The van der Waals surface area contributed by atoms with E-state index in [-0.39, 0.29) is 11.4 Å². The minimum absolute atomic E-state index is 0.151. The monoisotopic (exact) mass is 343 g/mol. The number of benzene rings is 1. The Bertz CT molecular complexity index is 609. The van der Waals surface area contributed by atoms with Gasteiger partial charge in [0.25, 0.3) is 0 Å². The first kappa shape index (κ1) is 18.4. The van der Waals surface area contributed by atoms with E-state index in [1.165, 1.54) is 51.4 Å². The molecule has 0 radical (unpaired) electrons. The van der Waals surface area contributed by atoms with E-state index in [9.17, 15) is 4.39 Å². The van der Waals surface area contributed by atoms with Gasteiger partial charge in [-0.3, -0.25) is 0 Å². The van der Waals surface area contributed by atoms with Gasteiger partial charge < -0.3 is 4.74 Å². The number of nitriles is 1. The Kier molecular flexibility index (Phi) is 6.48. The highest BCUT2D eigenvalue weighted by Crippen LogP contribution is 2.46. The number of fused-ring (bicyclic) bond motifs is 1. The fraction of sp³-hybridized carbons (Fsp3) is 0.682. The zero-order valence-corrected chi connectivity index (χ0v) is 15.3. The molecule has 2 aliphatic carbocycles. The average molecular weight is 343 g/mol. The summed E-state index contributed by atoms with van der Waals surface area (Å²) in [6.45, 7) is 3.15. The van der Waals surface area contributed by atoms with Crippen molar-refractivity contribution in [2.45, 2.75) is 76.7 Å². The lowest BCUT2D eigenvalue weighted by Crippen LogP contribution is -2.34. The van der Waals surface area contributed by atoms with E-state index in [4.69, 9.17) is 10.00 Å². The highest BCUT2D eigenvalue weighted by molar-refractivity contribution is 5.35. The van der Waals surface area contributed by atoms with Crippen LogP contribution >= 0.6 is 0 Å². The molecule has 0 bridgehead atoms. The summed E-state index contributed by atoms with van der Waals surface area (Å²) in [6.07, 6.45) is 11.3. The largest absolute Gasteiger partial charge is 0.378 e. The molecule has 0 aromatic heterocycles. The smallest absolute Gasteiger partial charge is 0.141 e. The molecule has 0 N–H and O–H groups in total. The van der Waals surface area contributed by atoms with Crippen LogP contribution in [0.3, 0.4) is 0 Å². The van der Waals surface area contributed by atoms with Crippen LogP contribution in [0, 0.1) is 29.0 Å². The van der Waals surface area contributed by atoms with Crippen molar-refractivity contribution in [3.63, 3.8) is 0 Å². The summed E-state index contributed by atoms with van der Waals surface area (Å²) in [5.74, 6) is 1.62. The van der Waals surface area contributed by atoms with E-state index in [1.54, 1.807) is 12.1 Å². The molecular formula is C22H30FNO. The minimum Gasteiger partial charge on any atom is -0.378 e. The van der Waals surface area contributed by atoms with E-state index in [0.717, 1.165) is 30.4 Å². The maximum Gasteiger partial charge on any atom is 0.141 e. The van der Waals surface area contributed by atoms with E-state index >= 15 is 0 Å². The molecule has 25 heavy (non-hydrogen) atoms. The van der Waals surface area contributed by atoms with Crippen LogP contribution in [-0.2, 0) is 4.74 Å². The van der Waals surface area contributed by atoms with Gasteiger partial charge in [0.05, 0.1) is 11.7 Å². The van der Waals surface area contributed by atoms with E-state index in [1.807, 2.05) is 12.1 Å². The summed E-state index contributed by atoms with van der Waals surface area (Å²) in [4.78, 5) is 0. The second-order valence-corrected chi connectivity index (χ2v) is 7.89. The van der Waals surface area contributed by atoms with Crippen molar-refractivity contribution >= 4 is 0 Å². The lowest BCUT2D eigenvalue weighted by Gasteiger charge is -2.42. The second-order valence-electron chi connectivity index (χ2n) is 7.89. The highest BCUT2D eigenvalue weighted by atomic mass is 19.1. The summed E-state index contributed by atoms with van der Waals surface area (Å²) in [5.41, 5.74) is 1.23. The first-order valence-corrected chi connectivity index (χ1v) is 10.0. The minimum atomic E-state index is -0.369. The molecule has 0 aliphatic heterocycles. The van der Waals surface area contributed by atoms with Gasteiger partial charge in [0.1, 0.15) is 11.9 Å². The molecule has 1 aromatic carbocycles. The molecule has 2 saturated carbocycles. The van der Waals surface area contributed by atoms with Gasteiger partial charge in [-0.1, -0.05) is 25.8 Å². The quantitative estimate of drug-likeness (QED) is 0.597. The van der Waals surface area contributed by atoms with Crippen molar-refractivity contribution in [2.24, 2.45) is 11.8 Å². The van der Waals surface area contributed by atoms with Gasteiger partial charge in [-0.25, -0.2) is 4.39 Å². The number of halogens is 1. The summed E-state index contributed by atoms with van der Waals surface area (Å²) in [7, 11) is 0. The standard InChI is InChI=1S/C22H30FNO/c1-2-3-4-11-25-21-10-9-17-12-16(5-6-18(17)13-21)19-7-8-20(15-24)22(23)14-19/h7-8,14,16-18,21H,2-6,9-13H2,1H3. The van der Waals surface area contributed by atoms with Gasteiger partial charge in [-0.05, 0) is 80.4 Å². The van der Waals surface area contributed by atoms with Gasteiger partial charge in [-0.15, -0.1) is 0 Å². The molecule has 0 heterocycles. The van der Waals surface area contributed by atoms with Crippen LogP contribution in [0.25, 0.3) is 0 Å². The molecule has 136 valence electrons. The Hall–Kier alpha value is -1.40. The molecule has 3 heteroatoms. The van der Waals surface area contributed by atoms with Gasteiger partial charge in [-0.2, -0.15) is 5.26 Å². The molecule has 0 spiro atoms. The fourth-order valence-electron chi connectivity index (χ4n) is 4.78. The Balaban J connectivity index is 1.52. The molecule has 4 atom stereocenters. The molecule has 0 amide bonds. The molecule has 3 rings (SSSR count). The van der Waals surface area contributed by atoms with Gasteiger partial charge in [0, 0.05) is 6.61 Å². The second kappa shape index (κ2) is 8.81. The lowest BCUT2D eigenvalue weighted by atomic mass is 9.65. The van der Waals surface area contributed by atoms with Gasteiger partial charge in [0.15, 0.2) is 0 Å². The Morgan fingerprint density at radius 2 is 1.92 bits per heavy atom. The van der Waals surface area contributed by atoms with Crippen molar-refractivity contribution < 1.29 is 9.13 Å². The molecule has 4 unspecified atom stereocenters. The maximum atomic E-state index is 13.9. The summed E-state index contributed by atoms with van der Waals surface area (Å²) in [6, 6.07) is 7.09. The molecule has 0 saturated heterocycles. The number of unbranched alkanes of at least 4 members (excludes halogenated alkanes) is 2. The molecule has 2 aliphatic rings. The number of hydrogen-bond donors (Lipinski definition) is 0. The third-order valence-corrected chi connectivity index (χ3v) is 6.25. The van der Waals surface area contributed by atoms with E-state index in [2.05, 4.69) is 6.92 Å². The summed E-state index contributed by atoms with van der Waals surface area (Å²) >= 11 is 0. The third-order valence-electron chi connectivity index (χ3n) is 6.25. The van der Waals surface area contributed by atoms with Crippen molar-refractivity contribution in [3.8, 4) is 6.07 Å². The average Bonchev–Trinajstić information content (AvgIpc) is 2.64. The number of ether oxygens (including phenoxy) is 1. The van der Waals surface area contributed by atoms with Crippen LogP contribution in [0.4, 0.5) is 4.39 Å². The Morgan fingerprint density at radius 1 is 1.12 bits per heavy atom. The number of rotatable bonds is 6. The van der Waals surface area contributed by atoms with Crippen LogP contribution in [0.2, 0.25) is 0 Å². The third kappa shape index (κ3) is 4.61. The van der Waals surface area contributed by atoms with Crippen molar-refractivity contribution in [1.82, 2.24) is 0 Å². The van der Waals surface area contributed by atoms with Crippen LogP contribution in [0.15, 0.2) is 18.2 Å². The first-order valence-electron chi connectivity index (χ1n) is 10.0. The predicted octanol–water partition coefficient (Wildman–Crippen LogP) is 5.96. The fourth-order valence-corrected chi connectivity index (χ4v) is 4.78. The molecule has 2 nitrogen and oxygen atoms in total. The summed E-state index contributed by atoms with van der Waals surface area (Å²) < 4.78 is 20.0. The Morgan fingerprint density at radius 3 is 2.68 bits per heavy atom. The normalized spacial score (nSPS) is 29.0. The number of nitrogens with zero attached hydrogens (tertiary/aromatic N) is 1. The predicted molar refractivity (Wildman–Crippen MR) is 97.8 cm³/mol.